The molecule has 2 bridgehead atoms. The number of aliphatic carboxylic acids is 1. The predicted molar refractivity (Wildman–Crippen MR) is 117 cm³/mol. The fourth-order valence-corrected chi connectivity index (χ4v) is 5.27. The molecule has 0 unspecified atom stereocenters. The van der Waals surface area contributed by atoms with Crippen LogP contribution in [-0.4, -0.2) is 88.5 Å². The minimum absolute atomic E-state index is 0.0211. The first-order valence-electron chi connectivity index (χ1n) is 10.4. The lowest BCUT2D eigenvalue weighted by Crippen LogP contribution is -2.45. The number of likely N-dealkylation sites (N-methyl/N-ethyl adjacent to an activating group) is 2. The van der Waals surface area contributed by atoms with Crippen LogP contribution >= 0.6 is 11.8 Å². The van der Waals surface area contributed by atoms with Crippen molar-refractivity contribution in [1.82, 2.24) is 14.7 Å². The van der Waals surface area contributed by atoms with Crippen LogP contribution in [0.15, 0.2) is 29.2 Å². The Morgan fingerprint density at radius 2 is 1.90 bits per heavy atom. The van der Waals surface area contributed by atoms with Gasteiger partial charge in [-0.2, -0.15) is 0 Å². The molecular formula is C22H29N3O5S. The predicted octanol–water partition coefficient (Wildman–Crippen LogP) is 1.79. The van der Waals surface area contributed by atoms with Crippen molar-refractivity contribution >= 4 is 35.5 Å². The lowest BCUT2D eigenvalue weighted by molar-refractivity contribution is -0.143. The molecule has 3 atom stereocenters. The Labute approximate surface area is 186 Å². The van der Waals surface area contributed by atoms with Gasteiger partial charge < -0.3 is 19.8 Å². The highest BCUT2D eigenvalue weighted by Gasteiger charge is 2.34. The summed E-state index contributed by atoms with van der Waals surface area (Å²) in [5, 5.41) is 9.63. The molecular weight excluding hydrogens is 418 g/mol. The minimum atomic E-state index is -1.16. The fourth-order valence-electron chi connectivity index (χ4n) is 4.19. The van der Waals surface area contributed by atoms with E-state index in [0.717, 1.165) is 11.3 Å². The SMILES string of the molecule is C[C@@H]1C[C@H]2CSc3cccc(c3)C(=O)N(C)[C@H](C(=O)O)CCC(=O)N(C)CC(=O)N2C1. The summed E-state index contributed by atoms with van der Waals surface area (Å²) in [6.07, 6.45) is 0.818. The fraction of sp³-hybridized carbons (Fsp3) is 0.545. The highest BCUT2D eigenvalue weighted by atomic mass is 32.2. The van der Waals surface area contributed by atoms with E-state index in [4.69, 9.17) is 0 Å². The van der Waals surface area contributed by atoms with Gasteiger partial charge in [-0.3, -0.25) is 14.4 Å². The van der Waals surface area contributed by atoms with Gasteiger partial charge in [-0.15, -0.1) is 11.8 Å². The third-order valence-corrected chi connectivity index (χ3v) is 7.11. The number of carboxylic acids is 1. The summed E-state index contributed by atoms with van der Waals surface area (Å²) in [5.41, 5.74) is 0.405. The van der Waals surface area contributed by atoms with Gasteiger partial charge in [0.1, 0.15) is 6.04 Å². The average Bonchev–Trinajstić information content (AvgIpc) is 3.11. The first-order valence-corrected chi connectivity index (χ1v) is 11.4. The van der Waals surface area contributed by atoms with Gasteiger partial charge in [0.05, 0.1) is 6.54 Å². The van der Waals surface area contributed by atoms with Crippen LogP contribution in [0.1, 0.15) is 36.5 Å². The van der Waals surface area contributed by atoms with Crippen molar-refractivity contribution in [2.75, 3.05) is 32.9 Å². The molecule has 0 aliphatic carbocycles. The van der Waals surface area contributed by atoms with Gasteiger partial charge in [-0.05, 0) is 37.0 Å². The number of carbonyl (C=O) groups excluding carboxylic acids is 3. The third-order valence-electron chi connectivity index (χ3n) is 5.97. The molecule has 1 fully saturated rings. The zero-order chi connectivity index (χ0) is 22.7. The smallest absolute Gasteiger partial charge is 0.326 e. The van der Waals surface area contributed by atoms with Crippen molar-refractivity contribution in [3.63, 3.8) is 0 Å². The summed E-state index contributed by atoms with van der Waals surface area (Å²) in [5.74, 6) is -0.882. The molecule has 1 N–H and O–H groups in total. The lowest BCUT2D eigenvalue weighted by Gasteiger charge is -2.28. The summed E-state index contributed by atoms with van der Waals surface area (Å²) in [4.78, 5) is 55.5. The van der Waals surface area contributed by atoms with Crippen molar-refractivity contribution < 1.29 is 24.3 Å². The van der Waals surface area contributed by atoms with Crippen molar-refractivity contribution in [1.29, 1.82) is 0 Å². The maximum atomic E-state index is 12.9. The van der Waals surface area contributed by atoms with Crippen LogP contribution in [-0.2, 0) is 14.4 Å². The molecule has 0 radical (unpaired) electrons. The highest BCUT2D eigenvalue weighted by molar-refractivity contribution is 7.99. The second kappa shape index (κ2) is 9.72. The molecule has 8 nitrogen and oxygen atoms in total. The molecule has 2 aliphatic heterocycles. The molecule has 3 amide bonds. The van der Waals surface area contributed by atoms with Crippen LogP contribution in [0.4, 0.5) is 0 Å². The summed E-state index contributed by atoms with van der Waals surface area (Å²) in [6, 6.07) is 6.06. The molecule has 0 aromatic heterocycles. The third kappa shape index (κ3) is 5.39. The molecule has 0 saturated carbocycles. The molecule has 1 aromatic carbocycles. The largest absolute Gasteiger partial charge is 0.480 e. The topological polar surface area (TPSA) is 98.2 Å². The maximum Gasteiger partial charge on any atom is 0.326 e. The van der Waals surface area contributed by atoms with E-state index in [0.29, 0.717) is 23.8 Å². The van der Waals surface area contributed by atoms with Crippen LogP contribution in [0.2, 0.25) is 0 Å². The van der Waals surface area contributed by atoms with Crippen molar-refractivity contribution in [3.05, 3.63) is 29.8 Å². The van der Waals surface area contributed by atoms with E-state index in [9.17, 15) is 24.3 Å². The van der Waals surface area contributed by atoms with Crippen LogP contribution in [0.5, 0.6) is 0 Å². The van der Waals surface area contributed by atoms with Crippen LogP contribution in [0, 0.1) is 5.92 Å². The molecule has 2 heterocycles. The first kappa shape index (κ1) is 23.1. The standard InChI is InChI=1S/C22H29N3O5S/c1-14-9-16-13-31-17-6-4-5-15(10-17)21(28)24(3)18(22(29)30)7-8-19(26)23(2)12-20(27)25(16)11-14/h4-6,10,14,16,18H,7-9,11-13H2,1-3H3,(H,29,30)/t14-,16+,18+/m1/s1. The summed E-state index contributed by atoms with van der Waals surface area (Å²) in [6.45, 7) is 2.74. The monoisotopic (exact) mass is 447 g/mol. The number of fused-ring (bicyclic) bond motifs is 3. The number of hydrogen-bond acceptors (Lipinski definition) is 5. The molecule has 9 heteroatoms. The molecule has 0 spiro atoms. The number of nitrogens with zero attached hydrogens (tertiary/aromatic N) is 3. The van der Waals surface area contributed by atoms with E-state index >= 15 is 0 Å². The van der Waals surface area contributed by atoms with Crippen molar-refractivity contribution in [2.45, 2.75) is 43.2 Å². The van der Waals surface area contributed by atoms with Gasteiger partial charge >= 0.3 is 5.97 Å². The van der Waals surface area contributed by atoms with Crippen LogP contribution in [0.3, 0.4) is 0 Å². The van der Waals surface area contributed by atoms with Gasteiger partial charge in [-0.1, -0.05) is 13.0 Å². The number of amides is 3. The normalized spacial score (nSPS) is 26.2. The zero-order valence-corrected chi connectivity index (χ0v) is 18.9. The van der Waals surface area contributed by atoms with E-state index < -0.39 is 17.9 Å². The highest BCUT2D eigenvalue weighted by Crippen LogP contribution is 2.29. The molecule has 1 aromatic rings. The molecule has 1 saturated heterocycles. The Bertz CT molecular complexity index is 876. The lowest BCUT2D eigenvalue weighted by atomic mass is 10.1. The van der Waals surface area contributed by atoms with Gasteiger partial charge in [0.15, 0.2) is 0 Å². The summed E-state index contributed by atoms with van der Waals surface area (Å²) >= 11 is 1.58. The Morgan fingerprint density at radius 3 is 2.61 bits per heavy atom. The molecule has 168 valence electrons. The number of rotatable bonds is 1. The van der Waals surface area contributed by atoms with Gasteiger partial charge in [-0.25, -0.2) is 4.79 Å². The van der Waals surface area contributed by atoms with Gasteiger partial charge in [0, 0.05) is 49.3 Å². The number of carboxylic acid groups (broad SMARTS) is 1. The maximum absolute atomic E-state index is 12.9. The van der Waals surface area contributed by atoms with E-state index in [1.54, 1.807) is 37.0 Å². The Kier molecular flexibility index (Phi) is 7.25. The molecule has 3 rings (SSSR count). The minimum Gasteiger partial charge on any atom is -0.480 e. The quantitative estimate of drug-likeness (QED) is 0.705. The number of carbonyl (C=O) groups is 4. The second-order valence-electron chi connectivity index (χ2n) is 8.44. The molecule has 2 aliphatic rings. The van der Waals surface area contributed by atoms with E-state index in [-0.39, 0.29) is 37.2 Å². The van der Waals surface area contributed by atoms with Crippen molar-refractivity contribution in [3.8, 4) is 0 Å². The number of thioether (sulfide) groups is 1. The van der Waals surface area contributed by atoms with Crippen molar-refractivity contribution in [2.24, 2.45) is 5.92 Å². The average molecular weight is 448 g/mol. The summed E-state index contributed by atoms with van der Waals surface area (Å²) < 4.78 is 0. The van der Waals surface area contributed by atoms with Crippen LogP contribution < -0.4 is 0 Å². The number of hydrogen-bond donors (Lipinski definition) is 1. The van der Waals surface area contributed by atoms with E-state index in [1.807, 2.05) is 11.0 Å². The second-order valence-corrected chi connectivity index (χ2v) is 9.53. The Hall–Kier alpha value is -2.55. The van der Waals surface area contributed by atoms with Crippen LogP contribution in [0.25, 0.3) is 0 Å². The van der Waals surface area contributed by atoms with E-state index in [2.05, 4.69) is 6.92 Å². The summed E-state index contributed by atoms with van der Waals surface area (Å²) in [7, 11) is 3.00. The zero-order valence-electron chi connectivity index (χ0n) is 18.1. The number of benzene rings is 1. The Balaban J connectivity index is 1.91. The first-order chi connectivity index (χ1) is 14.7. The van der Waals surface area contributed by atoms with Gasteiger partial charge in [0.25, 0.3) is 5.91 Å². The van der Waals surface area contributed by atoms with Gasteiger partial charge in [0.2, 0.25) is 11.8 Å². The van der Waals surface area contributed by atoms with E-state index in [1.165, 1.54) is 16.8 Å². The Morgan fingerprint density at radius 1 is 1.16 bits per heavy atom. The molecule has 31 heavy (non-hydrogen) atoms.